The van der Waals surface area contributed by atoms with E-state index in [1.807, 2.05) is 29.8 Å². The number of aryl methyl sites for hydroxylation is 1. The Balaban J connectivity index is 2.09. The van der Waals surface area contributed by atoms with Crippen molar-refractivity contribution in [3.05, 3.63) is 51.3 Å². The van der Waals surface area contributed by atoms with Crippen LogP contribution in [0.2, 0.25) is 10.0 Å². The number of nitrogens with zero attached hydrogens (tertiary/aromatic N) is 2. The minimum absolute atomic E-state index is 0.466. The third kappa shape index (κ3) is 3.98. The van der Waals surface area contributed by atoms with Gasteiger partial charge in [0.05, 0.1) is 22.3 Å². The normalized spacial score (nSPS) is 11.3. The molecule has 0 saturated heterocycles. The topological polar surface area (TPSA) is 29.9 Å². The van der Waals surface area contributed by atoms with E-state index in [2.05, 4.69) is 30.5 Å². The molecule has 0 radical (unpaired) electrons. The van der Waals surface area contributed by atoms with Crippen molar-refractivity contribution < 1.29 is 0 Å². The second-order valence-electron chi connectivity index (χ2n) is 5.22. The number of nitrogens with one attached hydrogen (secondary N) is 1. The van der Waals surface area contributed by atoms with Gasteiger partial charge in [-0.15, -0.1) is 0 Å². The van der Waals surface area contributed by atoms with Gasteiger partial charge in [-0.25, -0.2) is 0 Å². The van der Waals surface area contributed by atoms with Gasteiger partial charge in [0.2, 0.25) is 0 Å². The zero-order valence-electron chi connectivity index (χ0n) is 12.0. The molecule has 3 nitrogen and oxygen atoms in total. The molecule has 108 valence electrons. The Morgan fingerprint density at radius 2 is 2.00 bits per heavy atom. The molecular formula is C15H19Cl2N3. The first-order chi connectivity index (χ1) is 9.45. The van der Waals surface area contributed by atoms with Crippen molar-refractivity contribution in [3.63, 3.8) is 0 Å². The van der Waals surface area contributed by atoms with Gasteiger partial charge in [0.25, 0.3) is 0 Å². The second-order valence-corrected chi connectivity index (χ2v) is 6.04. The maximum Gasteiger partial charge on any atom is 0.0660 e. The van der Waals surface area contributed by atoms with Gasteiger partial charge in [0.1, 0.15) is 0 Å². The lowest BCUT2D eigenvalue weighted by Crippen LogP contribution is -2.21. The molecule has 0 atom stereocenters. The van der Waals surface area contributed by atoms with Crippen molar-refractivity contribution in [3.8, 4) is 0 Å². The Morgan fingerprint density at radius 3 is 2.65 bits per heavy atom. The van der Waals surface area contributed by atoms with Crippen molar-refractivity contribution >= 4 is 23.2 Å². The van der Waals surface area contributed by atoms with Gasteiger partial charge in [0.15, 0.2) is 0 Å². The predicted molar refractivity (Wildman–Crippen MR) is 84.5 cm³/mol. The molecule has 1 aromatic carbocycles. The van der Waals surface area contributed by atoms with Crippen LogP contribution in [0.1, 0.15) is 30.7 Å². The molecule has 0 spiro atoms. The molecule has 0 unspecified atom stereocenters. The number of hydrogen-bond acceptors (Lipinski definition) is 2. The third-order valence-electron chi connectivity index (χ3n) is 3.08. The van der Waals surface area contributed by atoms with Crippen molar-refractivity contribution in [2.45, 2.75) is 39.9 Å². The summed E-state index contributed by atoms with van der Waals surface area (Å²) >= 11 is 12.0. The zero-order valence-corrected chi connectivity index (χ0v) is 13.5. The van der Waals surface area contributed by atoms with Crippen molar-refractivity contribution in [1.29, 1.82) is 0 Å². The molecule has 0 aliphatic rings. The molecule has 2 aromatic rings. The smallest absolute Gasteiger partial charge is 0.0660 e. The molecule has 0 saturated carbocycles. The van der Waals surface area contributed by atoms with Crippen LogP contribution in [0.15, 0.2) is 24.4 Å². The zero-order chi connectivity index (χ0) is 14.7. The van der Waals surface area contributed by atoms with Crippen LogP contribution in [0.25, 0.3) is 0 Å². The van der Waals surface area contributed by atoms with E-state index in [1.165, 1.54) is 5.56 Å². The predicted octanol–water partition coefficient (Wildman–Crippen LogP) is 4.04. The summed E-state index contributed by atoms with van der Waals surface area (Å²) < 4.78 is 1.94. The lowest BCUT2D eigenvalue weighted by Gasteiger charge is -2.06. The highest BCUT2D eigenvalue weighted by Gasteiger charge is 2.07. The number of halogens is 2. The average molecular weight is 312 g/mol. The summed E-state index contributed by atoms with van der Waals surface area (Å²) in [5, 5.41) is 9.10. The molecule has 0 aliphatic carbocycles. The maximum atomic E-state index is 6.03. The van der Waals surface area contributed by atoms with Gasteiger partial charge in [-0.3, -0.25) is 4.68 Å². The summed E-state index contributed by atoms with van der Waals surface area (Å²) in [6.07, 6.45) is 2.08. The average Bonchev–Trinajstić information content (AvgIpc) is 2.72. The van der Waals surface area contributed by atoms with E-state index in [9.17, 15) is 0 Å². The molecule has 1 N–H and O–H groups in total. The lowest BCUT2D eigenvalue weighted by atomic mass is 10.2. The molecule has 1 aromatic heterocycles. The summed E-state index contributed by atoms with van der Waals surface area (Å²) in [7, 11) is 0. The van der Waals surface area contributed by atoms with Gasteiger partial charge in [-0.05, 0) is 24.6 Å². The first-order valence-corrected chi connectivity index (χ1v) is 7.41. The second kappa shape index (κ2) is 6.61. The monoisotopic (exact) mass is 311 g/mol. The number of rotatable bonds is 5. The fraction of sp³-hybridized carbons (Fsp3) is 0.400. The highest BCUT2D eigenvalue weighted by molar-refractivity contribution is 6.42. The lowest BCUT2D eigenvalue weighted by molar-refractivity contribution is 0.587. The Morgan fingerprint density at radius 1 is 1.25 bits per heavy atom. The van der Waals surface area contributed by atoms with Crippen molar-refractivity contribution in [2.24, 2.45) is 0 Å². The molecule has 20 heavy (non-hydrogen) atoms. The summed E-state index contributed by atoms with van der Waals surface area (Å²) in [6, 6.07) is 6.13. The SMILES string of the molecule is Cc1nn(Cc2ccc(Cl)c(Cl)c2)cc1CNC(C)C. The van der Waals surface area contributed by atoms with E-state index in [0.29, 0.717) is 22.6 Å². The molecule has 0 bridgehead atoms. The Bertz CT molecular complexity index is 591. The summed E-state index contributed by atoms with van der Waals surface area (Å²) in [5.74, 6) is 0. The van der Waals surface area contributed by atoms with Crippen LogP contribution in [-0.2, 0) is 13.1 Å². The maximum absolute atomic E-state index is 6.03. The Labute approximate surface area is 129 Å². The molecular weight excluding hydrogens is 293 g/mol. The summed E-state index contributed by atoms with van der Waals surface area (Å²) in [4.78, 5) is 0. The van der Waals surface area contributed by atoms with Gasteiger partial charge < -0.3 is 5.32 Å². The molecule has 2 rings (SSSR count). The fourth-order valence-corrected chi connectivity index (χ4v) is 2.27. The summed E-state index contributed by atoms with van der Waals surface area (Å²) in [6.45, 7) is 7.83. The molecule has 0 aliphatic heterocycles. The van der Waals surface area contributed by atoms with Crippen LogP contribution in [-0.4, -0.2) is 15.8 Å². The Hall–Kier alpha value is -1.03. The summed E-state index contributed by atoms with van der Waals surface area (Å²) in [5.41, 5.74) is 3.36. The van der Waals surface area contributed by atoms with Gasteiger partial charge in [-0.2, -0.15) is 5.10 Å². The van der Waals surface area contributed by atoms with E-state index < -0.39 is 0 Å². The standard InChI is InChI=1S/C15H19Cl2N3/c1-10(2)18-7-13-9-20(19-11(13)3)8-12-4-5-14(16)15(17)6-12/h4-6,9-10,18H,7-8H2,1-3H3. The van der Waals surface area contributed by atoms with E-state index in [0.717, 1.165) is 17.8 Å². The fourth-order valence-electron chi connectivity index (χ4n) is 1.95. The van der Waals surface area contributed by atoms with E-state index in [-0.39, 0.29) is 0 Å². The highest BCUT2D eigenvalue weighted by atomic mass is 35.5. The van der Waals surface area contributed by atoms with E-state index in [4.69, 9.17) is 23.2 Å². The first kappa shape index (κ1) is 15.4. The van der Waals surface area contributed by atoms with E-state index in [1.54, 1.807) is 0 Å². The quantitative estimate of drug-likeness (QED) is 0.903. The molecule has 0 amide bonds. The van der Waals surface area contributed by atoms with Crippen LogP contribution >= 0.6 is 23.2 Å². The van der Waals surface area contributed by atoms with Crippen molar-refractivity contribution in [1.82, 2.24) is 15.1 Å². The largest absolute Gasteiger partial charge is 0.310 e. The van der Waals surface area contributed by atoms with Crippen LogP contribution in [0, 0.1) is 6.92 Å². The van der Waals surface area contributed by atoms with Crippen LogP contribution in [0.4, 0.5) is 0 Å². The highest BCUT2D eigenvalue weighted by Crippen LogP contribution is 2.23. The first-order valence-electron chi connectivity index (χ1n) is 6.66. The van der Waals surface area contributed by atoms with E-state index >= 15 is 0 Å². The Kier molecular flexibility index (Phi) is 5.08. The van der Waals surface area contributed by atoms with Crippen LogP contribution in [0.5, 0.6) is 0 Å². The van der Waals surface area contributed by atoms with Gasteiger partial charge in [0, 0.05) is 24.3 Å². The molecule has 0 fully saturated rings. The minimum Gasteiger partial charge on any atom is -0.310 e. The van der Waals surface area contributed by atoms with Gasteiger partial charge in [-0.1, -0.05) is 43.1 Å². The van der Waals surface area contributed by atoms with Gasteiger partial charge >= 0.3 is 0 Å². The van der Waals surface area contributed by atoms with Crippen LogP contribution in [0.3, 0.4) is 0 Å². The number of benzene rings is 1. The molecule has 1 heterocycles. The van der Waals surface area contributed by atoms with Crippen molar-refractivity contribution in [2.75, 3.05) is 0 Å². The number of hydrogen-bond donors (Lipinski definition) is 1. The van der Waals surface area contributed by atoms with Crippen LogP contribution < -0.4 is 5.32 Å². The third-order valence-corrected chi connectivity index (χ3v) is 3.82. The minimum atomic E-state index is 0.466. The number of aromatic nitrogens is 2. The molecule has 5 heteroatoms.